The summed E-state index contributed by atoms with van der Waals surface area (Å²) in [6.45, 7) is 5.54. The van der Waals surface area contributed by atoms with Crippen molar-refractivity contribution in [2.45, 2.75) is 39.1 Å². The maximum atomic E-state index is 11.1. The van der Waals surface area contributed by atoms with Crippen LogP contribution in [0.2, 0.25) is 0 Å². The first-order valence-corrected chi connectivity index (χ1v) is 6.32. The first kappa shape index (κ1) is 14.1. The van der Waals surface area contributed by atoms with E-state index in [1.165, 1.54) is 6.92 Å². The molecule has 2 N–H and O–H groups in total. The van der Waals surface area contributed by atoms with E-state index in [4.69, 9.17) is 19.3 Å². The van der Waals surface area contributed by atoms with Crippen LogP contribution in [-0.2, 0) is 14.0 Å². The van der Waals surface area contributed by atoms with E-state index in [-0.39, 0.29) is 13.2 Å². The molecule has 0 rings (SSSR count). The average Bonchev–Trinajstić information content (AvgIpc) is 2.09. The molecule has 0 spiro atoms. The minimum absolute atomic E-state index is 0.269. The van der Waals surface area contributed by atoms with Crippen molar-refractivity contribution >= 4 is 7.60 Å². The van der Waals surface area contributed by atoms with Gasteiger partial charge in [0, 0.05) is 6.92 Å². The summed E-state index contributed by atoms with van der Waals surface area (Å²) >= 11 is 0. The van der Waals surface area contributed by atoms with Gasteiger partial charge in [-0.2, -0.15) is 0 Å². The molecule has 0 aliphatic heterocycles. The van der Waals surface area contributed by atoms with Gasteiger partial charge in [-0.1, -0.05) is 13.8 Å². The fourth-order valence-electron chi connectivity index (χ4n) is 0.793. The molecule has 0 aromatic carbocycles. The van der Waals surface area contributed by atoms with Crippen molar-refractivity contribution in [1.82, 2.24) is 0 Å². The predicted octanol–water partition coefficient (Wildman–Crippen LogP) is 1.69. The van der Waals surface area contributed by atoms with Gasteiger partial charge in [-0.3, -0.25) is 4.57 Å². The zero-order valence-electron chi connectivity index (χ0n) is 8.89. The first-order valence-electron chi connectivity index (χ1n) is 4.71. The molecule has 0 aromatic rings. The lowest BCUT2D eigenvalue weighted by molar-refractivity contribution is -0.178. The number of hydrogen-bond donors (Lipinski definition) is 2. The average molecular weight is 226 g/mol. The van der Waals surface area contributed by atoms with Crippen LogP contribution >= 0.6 is 7.60 Å². The van der Waals surface area contributed by atoms with Gasteiger partial charge in [0.15, 0.2) is 0 Å². The summed E-state index contributed by atoms with van der Waals surface area (Å²) in [6.07, 6.45) is 1.37. The molecule has 0 saturated carbocycles. The molecule has 0 bridgehead atoms. The SMILES string of the molecule is CCCOC(C)(OCCC)P(=O)(O)O. The second kappa shape index (κ2) is 5.83. The van der Waals surface area contributed by atoms with Crippen molar-refractivity contribution in [2.24, 2.45) is 0 Å². The van der Waals surface area contributed by atoms with E-state index in [1.54, 1.807) is 0 Å². The Morgan fingerprint density at radius 3 is 1.71 bits per heavy atom. The van der Waals surface area contributed by atoms with E-state index < -0.39 is 13.1 Å². The molecule has 14 heavy (non-hydrogen) atoms. The van der Waals surface area contributed by atoms with Crippen molar-refractivity contribution in [2.75, 3.05) is 13.2 Å². The Balaban J connectivity index is 4.42. The lowest BCUT2D eigenvalue weighted by atomic mass is 10.5. The summed E-state index contributed by atoms with van der Waals surface area (Å²) in [6, 6.07) is 0. The van der Waals surface area contributed by atoms with Gasteiger partial charge in [0.05, 0.1) is 13.2 Å². The van der Waals surface area contributed by atoms with Crippen LogP contribution in [0.3, 0.4) is 0 Å². The zero-order valence-corrected chi connectivity index (χ0v) is 9.79. The third-order valence-corrected chi connectivity index (χ3v) is 2.99. The molecule has 86 valence electrons. The van der Waals surface area contributed by atoms with Crippen molar-refractivity contribution in [3.05, 3.63) is 0 Å². The summed E-state index contributed by atoms with van der Waals surface area (Å²) in [5, 5.41) is 0. The molecule has 0 heterocycles. The Morgan fingerprint density at radius 1 is 1.14 bits per heavy atom. The van der Waals surface area contributed by atoms with E-state index in [1.807, 2.05) is 13.8 Å². The molecule has 0 atom stereocenters. The molecule has 0 unspecified atom stereocenters. The molecular weight excluding hydrogens is 207 g/mol. The molecule has 0 aliphatic carbocycles. The quantitative estimate of drug-likeness (QED) is 0.510. The van der Waals surface area contributed by atoms with Crippen LogP contribution in [0.4, 0.5) is 0 Å². The Kier molecular flexibility index (Phi) is 5.86. The molecule has 0 aliphatic rings. The first-order chi connectivity index (χ1) is 6.37. The van der Waals surface area contributed by atoms with Crippen LogP contribution in [0.25, 0.3) is 0 Å². The summed E-state index contributed by atoms with van der Waals surface area (Å²) < 4.78 is 21.2. The zero-order chi connectivity index (χ0) is 11.2. The van der Waals surface area contributed by atoms with Crippen molar-refractivity contribution in [3.8, 4) is 0 Å². The Bertz CT molecular complexity index is 192. The Hall–Kier alpha value is 0.0700. The molecule has 6 heteroatoms. The maximum absolute atomic E-state index is 11.1. The van der Waals surface area contributed by atoms with Crippen molar-refractivity contribution in [3.63, 3.8) is 0 Å². The third-order valence-electron chi connectivity index (χ3n) is 1.68. The molecule has 0 fully saturated rings. The monoisotopic (exact) mass is 226 g/mol. The second-order valence-corrected chi connectivity index (χ2v) is 5.04. The van der Waals surface area contributed by atoms with Gasteiger partial charge >= 0.3 is 7.60 Å². The van der Waals surface area contributed by atoms with E-state index in [9.17, 15) is 4.57 Å². The van der Waals surface area contributed by atoms with Gasteiger partial charge in [-0.15, -0.1) is 0 Å². The minimum Gasteiger partial charge on any atom is -0.340 e. The van der Waals surface area contributed by atoms with Crippen LogP contribution in [0.1, 0.15) is 33.6 Å². The maximum Gasteiger partial charge on any atom is 0.384 e. The molecule has 0 saturated heterocycles. The van der Waals surface area contributed by atoms with Crippen LogP contribution in [0, 0.1) is 0 Å². The van der Waals surface area contributed by atoms with Gasteiger partial charge in [-0.05, 0) is 12.8 Å². The smallest absolute Gasteiger partial charge is 0.340 e. The van der Waals surface area contributed by atoms with Crippen molar-refractivity contribution in [1.29, 1.82) is 0 Å². The minimum atomic E-state index is -4.39. The number of ether oxygens (including phenoxy) is 2. The van der Waals surface area contributed by atoms with E-state index in [2.05, 4.69) is 0 Å². The summed E-state index contributed by atoms with van der Waals surface area (Å²) in [5.41, 5.74) is -1.79. The highest BCUT2D eigenvalue weighted by Crippen LogP contribution is 2.51. The largest absolute Gasteiger partial charge is 0.384 e. The lowest BCUT2D eigenvalue weighted by Gasteiger charge is -2.30. The Morgan fingerprint density at radius 2 is 1.50 bits per heavy atom. The van der Waals surface area contributed by atoms with Gasteiger partial charge < -0.3 is 19.3 Å². The summed E-state index contributed by atoms with van der Waals surface area (Å²) in [5.74, 6) is 0. The van der Waals surface area contributed by atoms with Crippen LogP contribution in [-0.4, -0.2) is 28.5 Å². The van der Waals surface area contributed by atoms with Crippen LogP contribution in [0.15, 0.2) is 0 Å². The molecule has 0 amide bonds. The fourth-order valence-corrected chi connectivity index (χ4v) is 1.31. The standard InChI is InChI=1S/C8H19O5P/c1-4-6-12-8(3,13-7-5-2)14(9,10)11/h4-7H2,1-3H3,(H2,9,10,11). The van der Waals surface area contributed by atoms with Gasteiger partial charge in [0.1, 0.15) is 0 Å². The lowest BCUT2D eigenvalue weighted by Crippen LogP contribution is -2.33. The highest BCUT2D eigenvalue weighted by molar-refractivity contribution is 7.53. The van der Waals surface area contributed by atoms with Gasteiger partial charge in [0.25, 0.3) is 5.53 Å². The molecular formula is C8H19O5P. The summed E-state index contributed by atoms with van der Waals surface area (Å²) in [4.78, 5) is 18.1. The van der Waals surface area contributed by atoms with Gasteiger partial charge in [0.2, 0.25) is 0 Å². The molecule has 0 aromatic heterocycles. The highest BCUT2D eigenvalue weighted by Gasteiger charge is 2.44. The van der Waals surface area contributed by atoms with E-state index in [0.717, 1.165) is 0 Å². The van der Waals surface area contributed by atoms with Crippen LogP contribution < -0.4 is 0 Å². The normalized spacial score (nSPS) is 13.2. The van der Waals surface area contributed by atoms with Crippen molar-refractivity contribution < 1.29 is 23.8 Å². The van der Waals surface area contributed by atoms with E-state index in [0.29, 0.717) is 12.8 Å². The Labute approximate surface area is 84.6 Å². The number of rotatable bonds is 7. The fraction of sp³-hybridized carbons (Fsp3) is 1.00. The van der Waals surface area contributed by atoms with E-state index >= 15 is 0 Å². The van der Waals surface area contributed by atoms with Crippen LogP contribution in [0.5, 0.6) is 0 Å². The summed E-state index contributed by atoms with van der Waals surface area (Å²) in [7, 11) is -4.39. The molecule has 5 nitrogen and oxygen atoms in total. The molecule has 0 radical (unpaired) electrons. The topological polar surface area (TPSA) is 76.0 Å². The third kappa shape index (κ3) is 4.07. The number of hydrogen-bond acceptors (Lipinski definition) is 3. The second-order valence-electron chi connectivity index (χ2n) is 3.14. The van der Waals surface area contributed by atoms with Gasteiger partial charge in [-0.25, -0.2) is 0 Å². The predicted molar refractivity (Wildman–Crippen MR) is 52.9 cm³/mol. The highest BCUT2D eigenvalue weighted by atomic mass is 31.2.